The largest absolute Gasteiger partial charge is 0.435 e. The van der Waals surface area contributed by atoms with Gasteiger partial charge < -0.3 is 14.2 Å². The summed E-state index contributed by atoms with van der Waals surface area (Å²) in [7, 11) is 0. The van der Waals surface area contributed by atoms with E-state index in [1.165, 1.54) is 30.3 Å². The first-order valence-corrected chi connectivity index (χ1v) is 12.3. The molecule has 1 aromatic heterocycles. The van der Waals surface area contributed by atoms with E-state index in [0.717, 1.165) is 17.7 Å². The second kappa shape index (κ2) is 11.4. The molecule has 0 saturated carbocycles. The minimum absolute atomic E-state index is 0.00845. The Morgan fingerprint density at radius 2 is 1.65 bits per heavy atom. The van der Waals surface area contributed by atoms with Crippen molar-refractivity contribution in [3.8, 4) is 28.6 Å². The van der Waals surface area contributed by atoms with Crippen LogP contribution in [0.15, 0.2) is 77.3 Å². The van der Waals surface area contributed by atoms with Crippen molar-refractivity contribution >= 4 is 5.91 Å². The zero-order valence-electron chi connectivity index (χ0n) is 20.9. The Labute approximate surface area is 225 Å². The molecule has 5 rings (SSSR count). The molecule has 0 aliphatic carbocycles. The van der Waals surface area contributed by atoms with E-state index in [2.05, 4.69) is 19.8 Å². The van der Waals surface area contributed by atoms with Crippen LogP contribution >= 0.6 is 0 Å². The number of carbonyl (C=O) groups is 1. The third-order valence-corrected chi connectivity index (χ3v) is 6.45. The SMILES string of the molecule is O=C(c1cccc(OC(F)F)c1)N1CCN(Cc2ccc(-c3noc(-c4cccc(C(F)(F)F)c4)n3)cc2)CC1. The summed E-state index contributed by atoms with van der Waals surface area (Å²) in [5, 5.41) is 3.91. The molecular formula is C28H23F5N4O3. The fourth-order valence-corrected chi connectivity index (χ4v) is 4.40. The van der Waals surface area contributed by atoms with Gasteiger partial charge in [0.2, 0.25) is 5.82 Å². The average Bonchev–Trinajstić information content (AvgIpc) is 3.43. The maximum absolute atomic E-state index is 13.0. The molecule has 0 radical (unpaired) electrons. The van der Waals surface area contributed by atoms with Gasteiger partial charge in [-0.05, 0) is 42.0 Å². The maximum atomic E-state index is 13.0. The number of benzene rings is 3. The smallest absolute Gasteiger partial charge is 0.416 e. The Bertz CT molecular complexity index is 1470. The van der Waals surface area contributed by atoms with Crippen LogP contribution in [0.2, 0.25) is 0 Å². The van der Waals surface area contributed by atoms with E-state index in [0.29, 0.717) is 43.9 Å². The van der Waals surface area contributed by atoms with Crippen molar-refractivity contribution in [1.82, 2.24) is 19.9 Å². The number of nitrogens with zero attached hydrogens (tertiary/aromatic N) is 4. The molecule has 1 amide bonds. The van der Waals surface area contributed by atoms with E-state index in [4.69, 9.17) is 4.52 Å². The fraction of sp³-hybridized carbons (Fsp3) is 0.250. The summed E-state index contributed by atoms with van der Waals surface area (Å²) in [5.74, 6) is -0.0519. The molecule has 4 aromatic rings. The Balaban J connectivity index is 1.16. The number of aromatic nitrogens is 2. The van der Waals surface area contributed by atoms with E-state index in [1.807, 2.05) is 24.3 Å². The fourth-order valence-electron chi connectivity index (χ4n) is 4.40. The van der Waals surface area contributed by atoms with Crippen LogP contribution < -0.4 is 4.74 Å². The van der Waals surface area contributed by atoms with Crippen molar-refractivity contribution in [2.75, 3.05) is 26.2 Å². The number of carbonyl (C=O) groups excluding carboxylic acids is 1. The van der Waals surface area contributed by atoms with Crippen LogP contribution in [0.3, 0.4) is 0 Å². The van der Waals surface area contributed by atoms with Crippen LogP contribution in [-0.2, 0) is 12.7 Å². The van der Waals surface area contributed by atoms with Gasteiger partial charge in [-0.2, -0.15) is 26.9 Å². The first kappa shape index (κ1) is 27.3. The Kier molecular flexibility index (Phi) is 7.78. The first-order valence-electron chi connectivity index (χ1n) is 12.3. The minimum atomic E-state index is -4.48. The highest BCUT2D eigenvalue weighted by Gasteiger charge is 2.31. The van der Waals surface area contributed by atoms with E-state index in [9.17, 15) is 26.7 Å². The van der Waals surface area contributed by atoms with Crippen LogP contribution in [-0.4, -0.2) is 58.6 Å². The van der Waals surface area contributed by atoms with E-state index >= 15 is 0 Å². The molecule has 0 spiro atoms. The Morgan fingerprint density at radius 3 is 2.35 bits per heavy atom. The van der Waals surface area contributed by atoms with Gasteiger partial charge in [0.15, 0.2) is 0 Å². The lowest BCUT2D eigenvalue weighted by Gasteiger charge is -2.34. The van der Waals surface area contributed by atoms with E-state index < -0.39 is 18.4 Å². The normalized spacial score (nSPS) is 14.5. The lowest BCUT2D eigenvalue weighted by Crippen LogP contribution is -2.48. The van der Waals surface area contributed by atoms with Gasteiger partial charge in [0.1, 0.15) is 5.75 Å². The lowest BCUT2D eigenvalue weighted by molar-refractivity contribution is -0.137. The van der Waals surface area contributed by atoms with Crippen LogP contribution in [0.1, 0.15) is 21.5 Å². The molecule has 7 nitrogen and oxygen atoms in total. The highest BCUT2D eigenvalue weighted by Crippen LogP contribution is 2.32. The maximum Gasteiger partial charge on any atom is 0.416 e. The molecule has 2 heterocycles. The summed E-state index contributed by atoms with van der Waals surface area (Å²) in [6.07, 6.45) is -4.48. The summed E-state index contributed by atoms with van der Waals surface area (Å²) >= 11 is 0. The van der Waals surface area contributed by atoms with Gasteiger partial charge in [-0.15, -0.1) is 0 Å². The van der Waals surface area contributed by atoms with Crippen molar-refractivity contribution in [3.05, 3.63) is 89.5 Å². The summed E-state index contributed by atoms with van der Waals surface area (Å²) in [6, 6.07) is 17.9. The number of hydrogen-bond acceptors (Lipinski definition) is 6. The van der Waals surface area contributed by atoms with Gasteiger partial charge in [0.05, 0.1) is 5.56 Å². The second-order valence-corrected chi connectivity index (χ2v) is 9.17. The molecule has 1 aliphatic heterocycles. The van der Waals surface area contributed by atoms with Crippen LogP contribution in [0.4, 0.5) is 22.0 Å². The molecule has 0 bridgehead atoms. The molecule has 40 heavy (non-hydrogen) atoms. The molecular weight excluding hydrogens is 535 g/mol. The third-order valence-electron chi connectivity index (χ3n) is 6.45. The molecule has 12 heteroatoms. The number of hydrogen-bond donors (Lipinski definition) is 0. The highest BCUT2D eigenvalue weighted by molar-refractivity contribution is 5.94. The number of ether oxygens (including phenoxy) is 1. The van der Waals surface area contributed by atoms with Crippen LogP contribution in [0.5, 0.6) is 5.75 Å². The summed E-state index contributed by atoms with van der Waals surface area (Å²) in [4.78, 5) is 20.9. The van der Waals surface area contributed by atoms with Crippen molar-refractivity contribution < 1.29 is 36.0 Å². The number of rotatable bonds is 7. The zero-order chi connectivity index (χ0) is 28.3. The van der Waals surface area contributed by atoms with E-state index in [1.54, 1.807) is 11.0 Å². The first-order chi connectivity index (χ1) is 19.2. The molecule has 0 N–H and O–H groups in total. The van der Waals surface area contributed by atoms with Crippen molar-refractivity contribution in [2.45, 2.75) is 19.3 Å². The van der Waals surface area contributed by atoms with Crippen molar-refractivity contribution in [3.63, 3.8) is 0 Å². The van der Waals surface area contributed by atoms with Crippen molar-refractivity contribution in [1.29, 1.82) is 0 Å². The Morgan fingerprint density at radius 1 is 0.925 bits per heavy atom. The van der Waals surface area contributed by atoms with Gasteiger partial charge in [0.25, 0.3) is 11.8 Å². The van der Waals surface area contributed by atoms with Crippen LogP contribution in [0, 0.1) is 0 Å². The van der Waals surface area contributed by atoms with E-state index in [-0.39, 0.29) is 28.9 Å². The standard InChI is InChI=1S/C28H23F5N4O3/c29-27(30)39-23-6-2-4-21(16-23)26(38)37-13-11-36(12-14-37)17-18-7-9-19(10-8-18)24-34-25(40-35-24)20-3-1-5-22(15-20)28(31,32)33/h1-10,15-16,27H,11-14,17H2. The number of amides is 1. The lowest BCUT2D eigenvalue weighted by atomic mass is 10.1. The number of halogens is 5. The average molecular weight is 559 g/mol. The number of piperazine rings is 1. The van der Waals surface area contributed by atoms with Gasteiger partial charge >= 0.3 is 12.8 Å². The molecule has 0 unspecified atom stereocenters. The van der Waals surface area contributed by atoms with Gasteiger partial charge in [-0.1, -0.05) is 41.6 Å². The topological polar surface area (TPSA) is 71.7 Å². The molecule has 0 atom stereocenters. The molecule has 208 valence electrons. The zero-order valence-corrected chi connectivity index (χ0v) is 20.9. The van der Waals surface area contributed by atoms with Gasteiger partial charge in [0, 0.05) is 49.4 Å². The summed E-state index contributed by atoms with van der Waals surface area (Å²) in [5.41, 5.74) is 1.34. The second-order valence-electron chi connectivity index (χ2n) is 9.17. The van der Waals surface area contributed by atoms with Gasteiger partial charge in [-0.25, -0.2) is 0 Å². The molecule has 3 aromatic carbocycles. The summed E-state index contributed by atoms with van der Waals surface area (Å²) < 4.78 is 73.6. The van der Waals surface area contributed by atoms with Gasteiger partial charge in [-0.3, -0.25) is 9.69 Å². The Hall–Kier alpha value is -4.32. The minimum Gasteiger partial charge on any atom is -0.435 e. The molecule has 1 saturated heterocycles. The number of alkyl halides is 5. The molecule has 1 aliphatic rings. The monoisotopic (exact) mass is 558 g/mol. The third kappa shape index (κ3) is 6.45. The highest BCUT2D eigenvalue weighted by atomic mass is 19.4. The predicted molar refractivity (Wildman–Crippen MR) is 134 cm³/mol. The quantitative estimate of drug-likeness (QED) is 0.260. The predicted octanol–water partition coefficient (Wildman–Crippen LogP) is 5.98. The summed E-state index contributed by atoms with van der Waals surface area (Å²) in [6.45, 7) is -0.0904. The van der Waals surface area contributed by atoms with Crippen molar-refractivity contribution in [2.24, 2.45) is 0 Å². The molecule has 1 fully saturated rings. The van der Waals surface area contributed by atoms with Crippen LogP contribution in [0.25, 0.3) is 22.8 Å².